The summed E-state index contributed by atoms with van der Waals surface area (Å²) in [5.74, 6) is -1.29. The van der Waals surface area contributed by atoms with E-state index >= 15 is 0 Å². The van der Waals surface area contributed by atoms with Gasteiger partial charge in [0.15, 0.2) is 0 Å². The number of amides is 2. The molecule has 2 aliphatic heterocycles. The van der Waals surface area contributed by atoms with Crippen LogP contribution in [0, 0.1) is 17.6 Å². The number of nitrogens with zero attached hydrogens (tertiary/aromatic N) is 2. The fourth-order valence-electron chi connectivity index (χ4n) is 4.96. The van der Waals surface area contributed by atoms with Crippen LogP contribution in [0.25, 0.3) is 5.57 Å². The minimum absolute atomic E-state index is 0.0980. The number of benzene rings is 2. The number of hydrogen-bond acceptors (Lipinski definition) is 4. The van der Waals surface area contributed by atoms with Crippen LogP contribution in [-0.2, 0) is 9.59 Å². The van der Waals surface area contributed by atoms with Crippen LogP contribution in [-0.4, -0.2) is 66.9 Å². The average Bonchev–Trinajstić information content (AvgIpc) is 3.62. The van der Waals surface area contributed by atoms with E-state index in [1.807, 2.05) is 36.4 Å². The zero-order valence-corrected chi connectivity index (χ0v) is 19.6. The highest BCUT2D eigenvalue weighted by Gasteiger charge is 2.42. The lowest BCUT2D eigenvalue weighted by Gasteiger charge is -2.31. The summed E-state index contributed by atoms with van der Waals surface area (Å²) in [6.45, 7) is 3.69. The lowest BCUT2D eigenvalue weighted by atomic mass is 10.0. The first kappa shape index (κ1) is 23.6. The molecular weight excluding hydrogens is 450 g/mol. The maximum Gasteiger partial charge on any atom is 0.246 e. The first-order valence-corrected chi connectivity index (χ1v) is 12.2. The molecule has 1 saturated carbocycles. The molecule has 2 aromatic rings. The largest absolute Gasteiger partial charge is 0.343 e. The summed E-state index contributed by atoms with van der Waals surface area (Å²) in [5.41, 5.74) is 1.60. The van der Waals surface area contributed by atoms with Crippen molar-refractivity contribution >= 4 is 17.4 Å². The summed E-state index contributed by atoms with van der Waals surface area (Å²) in [4.78, 5) is 30.5. The van der Waals surface area contributed by atoms with Gasteiger partial charge >= 0.3 is 0 Å². The molecule has 0 spiro atoms. The van der Waals surface area contributed by atoms with Crippen LogP contribution in [0.3, 0.4) is 0 Å². The normalized spacial score (nSPS) is 21.5. The highest BCUT2D eigenvalue weighted by Crippen LogP contribution is 2.39. The molecule has 3 aliphatic rings. The minimum Gasteiger partial charge on any atom is -0.343 e. The second-order valence-corrected chi connectivity index (χ2v) is 9.55. The molecule has 5 rings (SSSR count). The molecule has 1 aliphatic carbocycles. The van der Waals surface area contributed by atoms with E-state index in [4.69, 9.17) is 0 Å². The number of nitrogens with one attached hydrogen (secondary N) is 2. The standard InChI is InChI=1S/C27H30F2N4O2/c28-21-8-9-23(29)22(15-21)20-14-24(18-4-2-1-3-5-18)33(16-20)27(35)26(19-6-7-19)31-25(34)17-32-12-10-30-11-13-32/h1-5,8-9,14-15,19,24,26,30H,6-7,10-13,16-17H2,(H,31,34)/t24-,26-/m0/s1. The topological polar surface area (TPSA) is 64.7 Å². The molecule has 35 heavy (non-hydrogen) atoms. The van der Waals surface area contributed by atoms with Crippen LogP contribution in [0.5, 0.6) is 0 Å². The van der Waals surface area contributed by atoms with Gasteiger partial charge in [0, 0.05) is 38.3 Å². The molecular formula is C27H30F2N4O2. The van der Waals surface area contributed by atoms with E-state index in [0.717, 1.165) is 56.7 Å². The van der Waals surface area contributed by atoms with Gasteiger partial charge in [-0.3, -0.25) is 14.5 Å². The Balaban J connectivity index is 1.38. The smallest absolute Gasteiger partial charge is 0.246 e. The Morgan fingerprint density at radius 3 is 2.51 bits per heavy atom. The summed E-state index contributed by atoms with van der Waals surface area (Å²) < 4.78 is 28.5. The van der Waals surface area contributed by atoms with E-state index in [-0.39, 0.29) is 36.4 Å². The summed E-state index contributed by atoms with van der Waals surface area (Å²) in [7, 11) is 0. The molecule has 184 valence electrons. The Morgan fingerprint density at radius 1 is 1.06 bits per heavy atom. The molecule has 6 nitrogen and oxygen atoms in total. The van der Waals surface area contributed by atoms with Gasteiger partial charge in [-0.05, 0) is 48.1 Å². The Kier molecular flexibility index (Phi) is 6.92. The summed E-state index contributed by atoms with van der Waals surface area (Å²) in [6, 6.07) is 11.8. The molecule has 2 aromatic carbocycles. The van der Waals surface area contributed by atoms with Gasteiger partial charge in [0.25, 0.3) is 0 Å². The van der Waals surface area contributed by atoms with Gasteiger partial charge in [0.2, 0.25) is 11.8 Å². The second kappa shape index (κ2) is 10.3. The number of rotatable bonds is 7. The van der Waals surface area contributed by atoms with E-state index in [9.17, 15) is 18.4 Å². The van der Waals surface area contributed by atoms with Crippen LogP contribution in [0.2, 0.25) is 0 Å². The molecule has 2 amide bonds. The van der Waals surface area contributed by atoms with Gasteiger partial charge in [-0.2, -0.15) is 0 Å². The van der Waals surface area contributed by atoms with Gasteiger partial charge in [-0.1, -0.05) is 36.4 Å². The molecule has 0 radical (unpaired) electrons. The van der Waals surface area contributed by atoms with E-state index in [1.165, 1.54) is 6.07 Å². The predicted molar refractivity (Wildman–Crippen MR) is 129 cm³/mol. The average molecular weight is 481 g/mol. The number of halogens is 2. The number of hydrogen-bond donors (Lipinski definition) is 2. The molecule has 2 fully saturated rings. The Hall–Kier alpha value is -3.10. The van der Waals surface area contributed by atoms with E-state index in [0.29, 0.717) is 5.57 Å². The third-order valence-corrected chi connectivity index (χ3v) is 6.99. The molecule has 2 atom stereocenters. The fourth-order valence-corrected chi connectivity index (χ4v) is 4.96. The van der Waals surface area contributed by atoms with Gasteiger partial charge in [-0.15, -0.1) is 0 Å². The lowest BCUT2D eigenvalue weighted by molar-refractivity contribution is -0.137. The van der Waals surface area contributed by atoms with Crippen LogP contribution in [0.1, 0.15) is 30.0 Å². The van der Waals surface area contributed by atoms with E-state index < -0.39 is 23.7 Å². The van der Waals surface area contributed by atoms with Crippen LogP contribution in [0.4, 0.5) is 8.78 Å². The quantitative estimate of drug-likeness (QED) is 0.640. The van der Waals surface area contributed by atoms with Crippen molar-refractivity contribution in [2.45, 2.75) is 24.9 Å². The van der Waals surface area contributed by atoms with Crippen molar-refractivity contribution in [1.82, 2.24) is 20.4 Å². The SMILES string of the molecule is O=C(CN1CCNCC1)N[C@H](C(=O)N1CC(c2cc(F)ccc2F)=C[C@H]1c1ccccc1)C1CC1. The van der Waals surface area contributed by atoms with Gasteiger partial charge in [-0.25, -0.2) is 8.78 Å². The Bertz CT molecular complexity index is 1110. The number of carbonyl (C=O) groups is 2. The highest BCUT2D eigenvalue weighted by atomic mass is 19.1. The maximum atomic E-state index is 14.6. The second-order valence-electron chi connectivity index (χ2n) is 9.55. The van der Waals surface area contributed by atoms with Crippen molar-refractivity contribution in [3.63, 3.8) is 0 Å². The molecule has 2 N–H and O–H groups in total. The van der Waals surface area contributed by atoms with E-state index in [2.05, 4.69) is 15.5 Å². The lowest BCUT2D eigenvalue weighted by Crippen LogP contribution is -2.53. The molecule has 1 saturated heterocycles. The highest BCUT2D eigenvalue weighted by molar-refractivity contribution is 5.91. The summed E-state index contributed by atoms with van der Waals surface area (Å²) in [5, 5.41) is 6.27. The fraction of sp³-hybridized carbons (Fsp3) is 0.407. The van der Waals surface area contributed by atoms with Crippen LogP contribution in [0.15, 0.2) is 54.6 Å². The molecule has 8 heteroatoms. The zero-order chi connectivity index (χ0) is 24.4. The maximum absolute atomic E-state index is 14.6. The number of piperazine rings is 1. The summed E-state index contributed by atoms with van der Waals surface area (Å²) in [6.07, 6.45) is 3.59. The van der Waals surface area contributed by atoms with Crippen molar-refractivity contribution in [3.8, 4) is 0 Å². The third kappa shape index (κ3) is 5.44. The predicted octanol–water partition coefficient (Wildman–Crippen LogP) is 2.73. The first-order valence-electron chi connectivity index (χ1n) is 12.2. The van der Waals surface area contributed by atoms with Crippen molar-refractivity contribution < 1.29 is 18.4 Å². The van der Waals surface area contributed by atoms with Crippen molar-refractivity contribution in [3.05, 3.63) is 77.4 Å². The van der Waals surface area contributed by atoms with Crippen LogP contribution < -0.4 is 10.6 Å². The zero-order valence-electron chi connectivity index (χ0n) is 19.6. The monoisotopic (exact) mass is 480 g/mol. The number of carbonyl (C=O) groups excluding carboxylic acids is 2. The first-order chi connectivity index (χ1) is 17.0. The third-order valence-electron chi connectivity index (χ3n) is 6.99. The van der Waals surface area contributed by atoms with Crippen molar-refractivity contribution in [2.75, 3.05) is 39.3 Å². The molecule has 0 unspecified atom stereocenters. The van der Waals surface area contributed by atoms with Gasteiger partial charge < -0.3 is 15.5 Å². The minimum atomic E-state index is -0.623. The van der Waals surface area contributed by atoms with Gasteiger partial charge in [0.05, 0.1) is 12.6 Å². The van der Waals surface area contributed by atoms with E-state index in [1.54, 1.807) is 4.90 Å². The van der Waals surface area contributed by atoms with Crippen molar-refractivity contribution in [2.24, 2.45) is 5.92 Å². The molecule has 0 bridgehead atoms. The van der Waals surface area contributed by atoms with Crippen molar-refractivity contribution in [1.29, 1.82) is 0 Å². The Morgan fingerprint density at radius 2 is 1.80 bits per heavy atom. The van der Waals surface area contributed by atoms with Gasteiger partial charge in [0.1, 0.15) is 17.7 Å². The molecule has 2 heterocycles. The summed E-state index contributed by atoms with van der Waals surface area (Å²) >= 11 is 0. The Labute approximate surface area is 204 Å². The van der Waals surface area contributed by atoms with Crippen LogP contribution >= 0.6 is 0 Å². The molecule has 0 aromatic heterocycles.